The maximum absolute atomic E-state index is 12.6. The lowest BCUT2D eigenvalue weighted by Crippen LogP contribution is -2.47. The summed E-state index contributed by atoms with van der Waals surface area (Å²) in [6, 6.07) is 15.0. The van der Waals surface area contributed by atoms with Crippen LogP contribution in [0, 0.1) is 0 Å². The fourth-order valence-corrected chi connectivity index (χ4v) is 4.26. The van der Waals surface area contributed by atoms with Crippen LogP contribution in [0.2, 0.25) is 0 Å². The number of rotatable bonds is 11. The number of benzene rings is 2. The number of carbonyl (C=O) groups excluding carboxylic acids is 2. The van der Waals surface area contributed by atoms with Gasteiger partial charge in [-0.2, -0.15) is 5.10 Å². The molecule has 1 unspecified atom stereocenters. The van der Waals surface area contributed by atoms with Crippen LogP contribution in [0.5, 0.6) is 0 Å². The molecule has 10 nitrogen and oxygen atoms in total. The Morgan fingerprint density at radius 3 is 2.37 bits per heavy atom. The molecule has 4 rings (SSSR count). The Bertz CT molecular complexity index is 1140. The summed E-state index contributed by atoms with van der Waals surface area (Å²) < 4.78 is 5.50. The van der Waals surface area contributed by atoms with Gasteiger partial charge >= 0.3 is 12.1 Å². The molecule has 0 saturated heterocycles. The predicted molar refractivity (Wildman–Crippen MR) is 127 cm³/mol. The van der Waals surface area contributed by atoms with E-state index < -0.39 is 24.0 Å². The van der Waals surface area contributed by atoms with Gasteiger partial charge in [0.05, 0.1) is 0 Å². The Morgan fingerprint density at radius 1 is 1.06 bits per heavy atom. The molecular weight excluding hydrogens is 450 g/mol. The number of carbonyl (C=O) groups is 3. The molecule has 1 aromatic heterocycles. The number of aromatic nitrogens is 3. The minimum Gasteiger partial charge on any atom is -0.481 e. The second-order valence-electron chi connectivity index (χ2n) is 8.28. The zero-order chi connectivity index (χ0) is 24.6. The molecule has 0 fully saturated rings. The lowest BCUT2D eigenvalue weighted by atomic mass is 9.98. The summed E-state index contributed by atoms with van der Waals surface area (Å²) in [7, 11) is 0. The van der Waals surface area contributed by atoms with Crippen LogP contribution in [0.1, 0.15) is 42.1 Å². The van der Waals surface area contributed by atoms with Crippen molar-refractivity contribution in [3.8, 4) is 11.1 Å². The third kappa shape index (κ3) is 6.03. The van der Waals surface area contributed by atoms with Gasteiger partial charge in [0.25, 0.3) is 0 Å². The third-order valence-corrected chi connectivity index (χ3v) is 5.95. The van der Waals surface area contributed by atoms with Crippen molar-refractivity contribution in [2.45, 2.75) is 37.6 Å². The van der Waals surface area contributed by atoms with E-state index in [0.717, 1.165) is 22.3 Å². The van der Waals surface area contributed by atoms with Gasteiger partial charge in [-0.15, -0.1) is 0 Å². The van der Waals surface area contributed by atoms with E-state index in [1.807, 2.05) is 48.5 Å². The lowest BCUT2D eigenvalue weighted by molar-refractivity contribution is -0.137. The zero-order valence-corrected chi connectivity index (χ0v) is 19.1. The van der Waals surface area contributed by atoms with Crippen LogP contribution in [-0.4, -0.2) is 57.5 Å². The monoisotopic (exact) mass is 477 g/mol. The smallest absolute Gasteiger partial charge is 0.407 e. The molecule has 35 heavy (non-hydrogen) atoms. The first-order valence-electron chi connectivity index (χ1n) is 11.5. The molecule has 1 aliphatic carbocycles. The number of hydrogen-bond donors (Lipinski definition) is 4. The highest BCUT2D eigenvalue weighted by Crippen LogP contribution is 2.44. The van der Waals surface area contributed by atoms with E-state index in [-0.39, 0.29) is 25.4 Å². The molecule has 1 heterocycles. The van der Waals surface area contributed by atoms with Gasteiger partial charge in [0, 0.05) is 25.3 Å². The van der Waals surface area contributed by atoms with E-state index >= 15 is 0 Å². The number of nitrogens with one attached hydrogen (secondary N) is 3. The number of H-pyrrole nitrogens is 1. The van der Waals surface area contributed by atoms with Gasteiger partial charge in [0.1, 0.15) is 24.8 Å². The lowest BCUT2D eigenvalue weighted by Gasteiger charge is -2.19. The molecule has 3 aromatic rings. The molecule has 0 aliphatic heterocycles. The van der Waals surface area contributed by atoms with E-state index in [4.69, 9.17) is 9.84 Å². The topological polar surface area (TPSA) is 146 Å². The van der Waals surface area contributed by atoms with Crippen LogP contribution in [0.4, 0.5) is 4.79 Å². The Kier molecular flexibility index (Phi) is 7.71. The molecule has 0 saturated carbocycles. The fraction of sp³-hybridized carbons (Fsp3) is 0.320. The summed E-state index contributed by atoms with van der Waals surface area (Å²) >= 11 is 0. The SMILES string of the molecule is O=C(O)CCC(NC(=O)OCC1c2ccccc2-c2ccccc21)C(=O)NCCCc1ncn[nH]1. The number of nitrogens with zero attached hydrogens (tertiary/aromatic N) is 2. The van der Waals surface area contributed by atoms with Gasteiger partial charge in [0.15, 0.2) is 0 Å². The second-order valence-corrected chi connectivity index (χ2v) is 8.28. The van der Waals surface area contributed by atoms with Crippen molar-refractivity contribution in [1.82, 2.24) is 25.8 Å². The van der Waals surface area contributed by atoms with Crippen molar-refractivity contribution in [3.05, 3.63) is 71.8 Å². The van der Waals surface area contributed by atoms with E-state index in [1.165, 1.54) is 6.33 Å². The first-order valence-corrected chi connectivity index (χ1v) is 11.5. The first kappa shape index (κ1) is 23.9. The molecule has 2 aromatic carbocycles. The van der Waals surface area contributed by atoms with Crippen molar-refractivity contribution in [1.29, 1.82) is 0 Å². The highest BCUT2D eigenvalue weighted by molar-refractivity contribution is 5.86. The Hall–Kier alpha value is -4.21. The molecule has 0 bridgehead atoms. The van der Waals surface area contributed by atoms with Crippen LogP contribution in [-0.2, 0) is 20.7 Å². The average molecular weight is 478 g/mol. The van der Waals surface area contributed by atoms with Crippen LogP contribution >= 0.6 is 0 Å². The minimum absolute atomic E-state index is 0.0481. The number of aryl methyl sites for hydroxylation is 1. The number of ether oxygens (including phenoxy) is 1. The van der Waals surface area contributed by atoms with Gasteiger partial charge in [0.2, 0.25) is 5.91 Å². The average Bonchev–Trinajstić information content (AvgIpc) is 3.49. The van der Waals surface area contributed by atoms with Gasteiger partial charge in [-0.05, 0) is 35.1 Å². The maximum atomic E-state index is 12.6. The van der Waals surface area contributed by atoms with E-state index in [9.17, 15) is 14.4 Å². The van der Waals surface area contributed by atoms with Crippen LogP contribution in [0.3, 0.4) is 0 Å². The number of alkyl carbamates (subject to hydrolysis) is 1. The van der Waals surface area contributed by atoms with Gasteiger partial charge < -0.3 is 20.5 Å². The normalized spacial score (nSPS) is 12.9. The van der Waals surface area contributed by atoms with Crippen molar-refractivity contribution < 1.29 is 24.2 Å². The van der Waals surface area contributed by atoms with Gasteiger partial charge in [-0.25, -0.2) is 9.78 Å². The molecule has 1 atom stereocenters. The number of hydrogen-bond acceptors (Lipinski definition) is 6. The maximum Gasteiger partial charge on any atom is 0.407 e. The van der Waals surface area contributed by atoms with E-state index in [0.29, 0.717) is 25.2 Å². The minimum atomic E-state index is -1.05. The molecule has 10 heteroatoms. The molecule has 1 aliphatic rings. The van der Waals surface area contributed by atoms with Gasteiger partial charge in [-0.1, -0.05) is 48.5 Å². The molecular formula is C25H27N5O5. The quantitative estimate of drug-likeness (QED) is 0.311. The number of carboxylic acid groups (broad SMARTS) is 1. The van der Waals surface area contributed by atoms with Crippen molar-refractivity contribution in [2.24, 2.45) is 0 Å². The summed E-state index contributed by atoms with van der Waals surface area (Å²) in [5.41, 5.74) is 4.38. The number of aromatic amines is 1. The van der Waals surface area contributed by atoms with E-state index in [2.05, 4.69) is 25.8 Å². The largest absolute Gasteiger partial charge is 0.481 e. The van der Waals surface area contributed by atoms with Crippen molar-refractivity contribution >= 4 is 18.0 Å². The summed E-state index contributed by atoms with van der Waals surface area (Å²) in [5, 5.41) is 20.8. The number of amides is 2. The Labute approximate surface area is 202 Å². The van der Waals surface area contributed by atoms with Crippen LogP contribution in [0.15, 0.2) is 54.9 Å². The third-order valence-electron chi connectivity index (χ3n) is 5.95. The number of aliphatic carboxylic acids is 1. The zero-order valence-electron chi connectivity index (χ0n) is 19.1. The summed E-state index contributed by atoms with van der Waals surface area (Å²) in [5.74, 6) is -0.922. The summed E-state index contributed by atoms with van der Waals surface area (Å²) in [6.45, 7) is 0.444. The van der Waals surface area contributed by atoms with Crippen LogP contribution in [0.25, 0.3) is 11.1 Å². The first-order chi connectivity index (χ1) is 17.0. The second kappa shape index (κ2) is 11.3. The predicted octanol–water partition coefficient (Wildman–Crippen LogP) is 2.63. The summed E-state index contributed by atoms with van der Waals surface area (Å²) in [6.07, 6.45) is 1.54. The highest BCUT2D eigenvalue weighted by Gasteiger charge is 2.30. The van der Waals surface area contributed by atoms with Crippen LogP contribution < -0.4 is 10.6 Å². The molecule has 4 N–H and O–H groups in total. The molecule has 0 spiro atoms. The number of carboxylic acids is 1. The number of fused-ring (bicyclic) bond motifs is 3. The molecule has 0 radical (unpaired) electrons. The Morgan fingerprint density at radius 2 is 1.74 bits per heavy atom. The van der Waals surface area contributed by atoms with Crippen molar-refractivity contribution in [3.63, 3.8) is 0 Å². The summed E-state index contributed by atoms with van der Waals surface area (Å²) in [4.78, 5) is 40.3. The van der Waals surface area contributed by atoms with E-state index in [1.54, 1.807) is 0 Å². The molecule has 2 amide bonds. The Balaban J connectivity index is 1.32. The molecule has 182 valence electrons. The van der Waals surface area contributed by atoms with Crippen molar-refractivity contribution in [2.75, 3.05) is 13.2 Å². The van der Waals surface area contributed by atoms with Gasteiger partial charge in [-0.3, -0.25) is 14.7 Å². The fourth-order valence-electron chi connectivity index (χ4n) is 4.26. The standard InChI is InChI=1S/C25H27N5O5/c31-23(32)12-11-21(24(33)26-13-5-10-22-27-15-28-30-22)29-25(34)35-14-20-18-8-3-1-6-16(18)17-7-2-4-9-19(17)20/h1-4,6-9,15,20-21H,5,10-14H2,(H,26,33)(H,29,34)(H,31,32)(H,27,28,30). The highest BCUT2D eigenvalue weighted by atomic mass is 16.5.